The molecule has 2 aliphatic heterocycles. The van der Waals surface area contributed by atoms with E-state index in [9.17, 15) is 9.18 Å². The quantitative estimate of drug-likeness (QED) is 0.635. The molecule has 0 atom stereocenters. The molecule has 2 aliphatic rings. The average molecular weight is 455 g/mol. The summed E-state index contributed by atoms with van der Waals surface area (Å²) in [5.41, 5.74) is 6.47. The van der Waals surface area contributed by atoms with E-state index in [1.807, 2.05) is 31.7 Å². The number of methoxy groups -OCH3 is 1. The van der Waals surface area contributed by atoms with Crippen LogP contribution in [0.1, 0.15) is 43.9 Å². The lowest BCUT2D eigenvalue weighted by molar-refractivity contribution is 0.0258. The van der Waals surface area contributed by atoms with Gasteiger partial charge < -0.3 is 19.3 Å². The van der Waals surface area contributed by atoms with E-state index in [1.165, 1.54) is 28.4 Å². The summed E-state index contributed by atoms with van der Waals surface area (Å²) >= 11 is 0. The topological polar surface area (TPSA) is 42.0 Å². The van der Waals surface area contributed by atoms with Crippen molar-refractivity contribution in [2.45, 2.75) is 52.1 Å². The van der Waals surface area contributed by atoms with Crippen molar-refractivity contribution >= 4 is 11.8 Å². The number of anilines is 1. The van der Waals surface area contributed by atoms with Gasteiger partial charge >= 0.3 is 6.09 Å². The molecule has 5 nitrogen and oxygen atoms in total. The molecule has 0 aromatic heterocycles. The van der Waals surface area contributed by atoms with E-state index in [2.05, 4.69) is 11.0 Å². The minimum Gasteiger partial charge on any atom is -0.444 e. The Morgan fingerprint density at radius 2 is 1.85 bits per heavy atom. The molecule has 0 unspecified atom stereocenters. The van der Waals surface area contributed by atoms with Crippen LogP contribution in [0.5, 0.6) is 0 Å². The molecule has 0 fully saturated rings. The summed E-state index contributed by atoms with van der Waals surface area (Å²) < 4.78 is 25.3. The second kappa shape index (κ2) is 9.72. The predicted octanol–water partition coefficient (Wildman–Crippen LogP) is 5.23. The van der Waals surface area contributed by atoms with Gasteiger partial charge in [-0.15, -0.1) is 0 Å². The first kappa shape index (κ1) is 23.6. The van der Waals surface area contributed by atoms with E-state index in [0.717, 1.165) is 43.5 Å². The summed E-state index contributed by atoms with van der Waals surface area (Å²) in [6.45, 7) is 9.28. The first-order valence-corrected chi connectivity index (χ1v) is 11.9. The first-order chi connectivity index (χ1) is 15.8. The summed E-state index contributed by atoms with van der Waals surface area (Å²) in [6, 6.07) is 9.23. The summed E-state index contributed by atoms with van der Waals surface area (Å²) in [7, 11) is 1.72. The number of aryl methyl sites for hydroxylation is 1. The number of rotatable bonds is 4. The number of benzene rings is 2. The lowest BCUT2D eigenvalue weighted by Crippen LogP contribution is -2.38. The number of hydrogen-bond acceptors (Lipinski definition) is 4. The van der Waals surface area contributed by atoms with Gasteiger partial charge in [-0.25, -0.2) is 9.18 Å². The number of amides is 1. The molecule has 0 N–H and O–H groups in total. The third-order valence-corrected chi connectivity index (χ3v) is 6.38. The highest BCUT2D eigenvalue weighted by Gasteiger charge is 2.29. The van der Waals surface area contributed by atoms with E-state index < -0.39 is 5.60 Å². The molecule has 178 valence electrons. The summed E-state index contributed by atoms with van der Waals surface area (Å²) in [5, 5.41) is 0. The molecule has 0 bridgehead atoms. The van der Waals surface area contributed by atoms with E-state index in [1.54, 1.807) is 19.2 Å². The van der Waals surface area contributed by atoms with Crippen LogP contribution < -0.4 is 4.90 Å². The number of fused-ring (bicyclic) bond motifs is 2. The second-order valence-corrected chi connectivity index (χ2v) is 9.96. The number of hydrogen-bond donors (Lipinski definition) is 0. The summed E-state index contributed by atoms with van der Waals surface area (Å²) in [6.07, 6.45) is 3.30. The van der Waals surface area contributed by atoms with Crippen LogP contribution in [-0.4, -0.2) is 56.5 Å². The van der Waals surface area contributed by atoms with E-state index >= 15 is 0 Å². The summed E-state index contributed by atoms with van der Waals surface area (Å²) in [4.78, 5) is 17.0. The number of ether oxygens (including phenoxy) is 2. The summed E-state index contributed by atoms with van der Waals surface area (Å²) in [5.74, 6) is -0.234. The molecule has 0 saturated carbocycles. The van der Waals surface area contributed by atoms with E-state index in [0.29, 0.717) is 26.1 Å². The van der Waals surface area contributed by atoms with Crippen molar-refractivity contribution in [3.05, 3.63) is 52.8 Å². The molecule has 1 amide bonds. The van der Waals surface area contributed by atoms with Crippen molar-refractivity contribution in [1.29, 1.82) is 0 Å². The van der Waals surface area contributed by atoms with Gasteiger partial charge in [0, 0.05) is 44.5 Å². The van der Waals surface area contributed by atoms with Crippen LogP contribution in [0, 0.1) is 5.82 Å². The van der Waals surface area contributed by atoms with Crippen LogP contribution in [0.3, 0.4) is 0 Å². The van der Waals surface area contributed by atoms with Gasteiger partial charge in [-0.05, 0) is 80.8 Å². The standard InChI is InChI=1S/C27H35FN2O3/c1-27(2,3)33-26(31)30-13-10-19-17-21-8-6-12-29(15-16-32-4)25(21)24(23(19)11-14-30)20-7-5-9-22(28)18-20/h5,7,9,17-18H,6,8,10-16H2,1-4H3. The average Bonchev–Trinajstić information content (AvgIpc) is 2.97. The Morgan fingerprint density at radius 1 is 1.06 bits per heavy atom. The van der Waals surface area contributed by atoms with Gasteiger partial charge in [0.2, 0.25) is 0 Å². The molecular formula is C27H35FN2O3. The third-order valence-electron chi connectivity index (χ3n) is 6.38. The minimum atomic E-state index is -0.524. The van der Waals surface area contributed by atoms with Gasteiger partial charge in [-0.2, -0.15) is 0 Å². The molecule has 33 heavy (non-hydrogen) atoms. The van der Waals surface area contributed by atoms with Crippen LogP contribution >= 0.6 is 0 Å². The Balaban J connectivity index is 1.77. The fourth-order valence-electron chi connectivity index (χ4n) is 4.97. The van der Waals surface area contributed by atoms with Crippen molar-refractivity contribution in [2.75, 3.05) is 44.8 Å². The van der Waals surface area contributed by atoms with Gasteiger partial charge in [0.25, 0.3) is 0 Å². The highest BCUT2D eigenvalue weighted by molar-refractivity contribution is 5.86. The van der Waals surface area contributed by atoms with Crippen molar-refractivity contribution in [3.8, 4) is 11.1 Å². The molecule has 0 radical (unpaired) electrons. The SMILES string of the molecule is COCCN1CCCc2cc3c(c(-c4cccc(F)c4)c21)CCN(C(=O)OC(C)(C)C)CC3. The fourth-order valence-corrected chi connectivity index (χ4v) is 4.97. The molecule has 0 saturated heterocycles. The van der Waals surface area contributed by atoms with Crippen molar-refractivity contribution in [3.63, 3.8) is 0 Å². The Kier molecular flexibility index (Phi) is 6.94. The maximum atomic E-state index is 14.3. The van der Waals surface area contributed by atoms with Gasteiger partial charge in [-0.3, -0.25) is 0 Å². The highest BCUT2D eigenvalue weighted by Crippen LogP contribution is 2.43. The van der Waals surface area contributed by atoms with Crippen molar-refractivity contribution in [2.24, 2.45) is 0 Å². The van der Waals surface area contributed by atoms with Crippen molar-refractivity contribution in [1.82, 2.24) is 4.90 Å². The van der Waals surface area contributed by atoms with Gasteiger partial charge in [0.1, 0.15) is 11.4 Å². The van der Waals surface area contributed by atoms with E-state index in [-0.39, 0.29) is 11.9 Å². The smallest absolute Gasteiger partial charge is 0.410 e. The maximum absolute atomic E-state index is 14.3. The lowest BCUT2D eigenvalue weighted by Gasteiger charge is -2.35. The Hall–Kier alpha value is -2.60. The zero-order valence-electron chi connectivity index (χ0n) is 20.2. The zero-order chi connectivity index (χ0) is 23.6. The van der Waals surface area contributed by atoms with Gasteiger partial charge in [0.05, 0.1) is 6.61 Å². The highest BCUT2D eigenvalue weighted by atomic mass is 19.1. The van der Waals surface area contributed by atoms with Gasteiger partial charge in [-0.1, -0.05) is 18.2 Å². The van der Waals surface area contributed by atoms with E-state index in [4.69, 9.17) is 9.47 Å². The number of nitrogens with zero attached hydrogens (tertiary/aromatic N) is 2. The van der Waals surface area contributed by atoms with Crippen molar-refractivity contribution < 1.29 is 18.7 Å². The molecule has 6 heteroatoms. The van der Waals surface area contributed by atoms with Crippen LogP contribution in [-0.2, 0) is 28.7 Å². The molecule has 2 aromatic rings. The molecular weight excluding hydrogens is 419 g/mol. The number of carbonyl (C=O) groups is 1. The molecule has 0 spiro atoms. The zero-order valence-corrected chi connectivity index (χ0v) is 20.2. The fraction of sp³-hybridized carbons (Fsp3) is 0.519. The molecule has 4 rings (SSSR count). The van der Waals surface area contributed by atoms with Crippen LogP contribution in [0.15, 0.2) is 30.3 Å². The van der Waals surface area contributed by atoms with Crippen LogP contribution in [0.25, 0.3) is 11.1 Å². The van der Waals surface area contributed by atoms with Gasteiger partial charge in [0.15, 0.2) is 0 Å². The number of carbonyl (C=O) groups excluding carboxylic acids is 1. The second-order valence-electron chi connectivity index (χ2n) is 9.96. The monoisotopic (exact) mass is 454 g/mol. The first-order valence-electron chi connectivity index (χ1n) is 11.9. The van der Waals surface area contributed by atoms with Crippen LogP contribution in [0.4, 0.5) is 14.9 Å². The lowest BCUT2D eigenvalue weighted by atomic mass is 9.85. The maximum Gasteiger partial charge on any atom is 0.410 e. The number of halogens is 1. The van der Waals surface area contributed by atoms with Crippen LogP contribution in [0.2, 0.25) is 0 Å². The molecule has 2 heterocycles. The minimum absolute atomic E-state index is 0.234. The molecule has 0 aliphatic carbocycles. The largest absolute Gasteiger partial charge is 0.444 e. The Morgan fingerprint density at radius 3 is 2.58 bits per heavy atom. The Bertz CT molecular complexity index is 1020. The predicted molar refractivity (Wildman–Crippen MR) is 129 cm³/mol. The normalized spacial score (nSPS) is 16.2. The molecule has 2 aromatic carbocycles. The third kappa shape index (κ3) is 5.32. The Labute approximate surface area is 196 Å².